The summed E-state index contributed by atoms with van der Waals surface area (Å²) >= 11 is 0. The van der Waals surface area contributed by atoms with E-state index in [1.165, 1.54) is 0 Å². The molecule has 0 radical (unpaired) electrons. The van der Waals surface area contributed by atoms with Crippen LogP contribution in [0.5, 0.6) is 11.5 Å². The molecular weight excluding hydrogens is 372 g/mol. The van der Waals surface area contributed by atoms with Crippen molar-refractivity contribution in [3.8, 4) is 11.5 Å². The Morgan fingerprint density at radius 1 is 1.17 bits per heavy atom. The van der Waals surface area contributed by atoms with Gasteiger partial charge in [0.05, 0.1) is 19.5 Å². The smallest absolute Gasteiger partial charge is 0.223 e. The maximum Gasteiger partial charge on any atom is 0.223 e. The number of fused-ring (bicyclic) bond motifs is 1. The summed E-state index contributed by atoms with van der Waals surface area (Å²) in [5.74, 6) is 2.99. The number of rotatable bonds is 7. The fourth-order valence-corrected chi connectivity index (χ4v) is 2.76. The molecule has 0 fully saturated rings. The number of amides is 1. The number of ether oxygens (including phenoxy) is 2. The van der Waals surface area contributed by atoms with Crippen molar-refractivity contribution in [2.75, 3.05) is 45.7 Å². The van der Waals surface area contributed by atoms with Crippen LogP contribution in [0.4, 0.5) is 5.69 Å². The molecule has 0 saturated carbocycles. The van der Waals surface area contributed by atoms with Crippen LogP contribution < -0.4 is 20.1 Å². The molecule has 0 saturated heterocycles. The van der Waals surface area contributed by atoms with Crippen LogP contribution in [0.1, 0.15) is 18.6 Å². The number of aliphatic imine (C=N–C) groups is 1. The van der Waals surface area contributed by atoms with Crippen molar-refractivity contribution in [3.05, 3.63) is 42.4 Å². The lowest BCUT2D eigenvalue weighted by molar-refractivity contribution is -0.128. The summed E-state index contributed by atoms with van der Waals surface area (Å²) in [5.41, 5.74) is 0.831. The zero-order valence-corrected chi connectivity index (χ0v) is 16.9. The molecule has 1 amide bonds. The molecular formula is C21H28N4O4. The van der Waals surface area contributed by atoms with Crippen LogP contribution in [0.15, 0.2) is 46.0 Å². The SMILES string of the molecule is CN(C)C(=O)CCNC(=NCCc1ccco1)Nc1ccc2c(c1)OCCCO2. The molecule has 8 heteroatoms. The van der Waals surface area contributed by atoms with Gasteiger partial charge in [0.15, 0.2) is 17.5 Å². The quantitative estimate of drug-likeness (QED) is 0.549. The molecule has 0 unspecified atom stereocenters. The third-order valence-corrected chi connectivity index (χ3v) is 4.35. The van der Waals surface area contributed by atoms with Crippen molar-refractivity contribution in [1.29, 1.82) is 0 Å². The maximum atomic E-state index is 11.8. The van der Waals surface area contributed by atoms with Gasteiger partial charge in [-0.25, -0.2) is 0 Å². The molecule has 1 aromatic heterocycles. The van der Waals surface area contributed by atoms with E-state index in [2.05, 4.69) is 15.6 Å². The second kappa shape index (κ2) is 10.4. The fourth-order valence-electron chi connectivity index (χ4n) is 2.76. The van der Waals surface area contributed by atoms with Gasteiger partial charge in [0.2, 0.25) is 5.91 Å². The normalized spacial score (nSPS) is 13.5. The molecule has 1 aliphatic heterocycles. The van der Waals surface area contributed by atoms with Gasteiger partial charge < -0.3 is 29.4 Å². The highest BCUT2D eigenvalue weighted by Gasteiger charge is 2.12. The van der Waals surface area contributed by atoms with Crippen LogP contribution in [0.3, 0.4) is 0 Å². The number of hydrogen-bond acceptors (Lipinski definition) is 5. The Hall–Kier alpha value is -3.16. The summed E-state index contributed by atoms with van der Waals surface area (Å²) in [6.45, 7) is 2.31. The second-order valence-electron chi connectivity index (χ2n) is 6.86. The van der Waals surface area contributed by atoms with Gasteiger partial charge in [-0.1, -0.05) is 0 Å². The van der Waals surface area contributed by atoms with Crippen molar-refractivity contribution in [2.45, 2.75) is 19.3 Å². The lowest BCUT2D eigenvalue weighted by atomic mass is 10.2. The number of furan rings is 1. The standard InChI is InChI=1S/C21H28N4O4/c1-25(2)20(26)9-11-23-21(22-10-8-17-5-3-12-27-17)24-16-6-7-18-19(15-16)29-14-4-13-28-18/h3,5-7,12,15H,4,8-11,13-14H2,1-2H3,(H2,22,23,24). The van der Waals surface area contributed by atoms with Crippen LogP contribution in [-0.4, -0.2) is 57.2 Å². The second-order valence-corrected chi connectivity index (χ2v) is 6.86. The van der Waals surface area contributed by atoms with Crippen molar-refractivity contribution in [1.82, 2.24) is 10.2 Å². The summed E-state index contributed by atoms with van der Waals surface area (Å²) in [7, 11) is 3.49. The topological polar surface area (TPSA) is 88.3 Å². The third kappa shape index (κ3) is 6.44. The number of nitrogens with one attached hydrogen (secondary N) is 2. The van der Waals surface area contributed by atoms with E-state index in [-0.39, 0.29) is 5.91 Å². The van der Waals surface area contributed by atoms with Crippen molar-refractivity contribution in [3.63, 3.8) is 0 Å². The zero-order chi connectivity index (χ0) is 20.5. The highest BCUT2D eigenvalue weighted by Crippen LogP contribution is 2.32. The van der Waals surface area contributed by atoms with E-state index in [0.717, 1.165) is 23.6 Å². The van der Waals surface area contributed by atoms with Gasteiger partial charge in [0.25, 0.3) is 0 Å². The van der Waals surface area contributed by atoms with Gasteiger partial charge >= 0.3 is 0 Å². The zero-order valence-electron chi connectivity index (χ0n) is 16.9. The van der Waals surface area contributed by atoms with E-state index in [4.69, 9.17) is 13.9 Å². The lowest BCUT2D eigenvalue weighted by Crippen LogP contribution is -2.34. The number of guanidine groups is 1. The number of carbonyl (C=O) groups excluding carboxylic acids is 1. The van der Waals surface area contributed by atoms with Gasteiger partial charge in [0.1, 0.15) is 5.76 Å². The summed E-state index contributed by atoms with van der Waals surface area (Å²) in [6.07, 6.45) is 3.59. The minimum absolute atomic E-state index is 0.0583. The molecule has 29 heavy (non-hydrogen) atoms. The van der Waals surface area contributed by atoms with Gasteiger partial charge in [-0.2, -0.15) is 0 Å². The molecule has 1 aliphatic rings. The number of hydrogen-bond donors (Lipinski definition) is 2. The Morgan fingerprint density at radius 3 is 2.76 bits per heavy atom. The van der Waals surface area contributed by atoms with E-state index in [1.807, 2.05) is 30.3 Å². The summed E-state index contributed by atoms with van der Waals surface area (Å²) in [6, 6.07) is 9.49. The summed E-state index contributed by atoms with van der Waals surface area (Å²) in [4.78, 5) is 18.0. The first-order chi connectivity index (χ1) is 14.1. The molecule has 2 aromatic rings. The Labute approximate surface area is 170 Å². The molecule has 156 valence electrons. The molecule has 2 heterocycles. The maximum absolute atomic E-state index is 11.8. The predicted octanol–water partition coefficient (Wildman–Crippen LogP) is 2.52. The number of anilines is 1. The molecule has 0 atom stereocenters. The predicted molar refractivity (Wildman–Crippen MR) is 112 cm³/mol. The van der Waals surface area contributed by atoms with Gasteiger partial charge in [-0.3, -0.25) is 9.79 Å². The largest absolute Gasteiger partial charge is 0.490 e. The Bertz CT molecular complexity index is 818. The molecule has 2 N–H and O–H groups in total. The minimum Gasteiger partial charge on any atom is -0.490 e. The number of carbonyl (C=O) groups is 1. The summed E-state index contributed by atoms with van der Waals surface area (Å²) < 4.78 is 16.8. The van der Waals surface area contributed by atoms with Crippen LogP contribution >= 0.6 is 0 Å². The van der Waals surface area contributed by atoms with Crippen molar-refractivity contribution >= 4 is 17.6 Å². The van der Waals surface area contributed by atoms with Crippen molar-refractivity contribution in [2.24, 2.45) is 4.99 Å². The average molecular weight is 400 g/mol. The van der Waals surface area contributed by atoms with E-state index in [9.17, 15) is 4.79 Å². The number of benzene rings is 1. The van der Waals surface area contributed by atoms with E-state index in [1.54, 1.807) is 25.3 Å². The minimum atomic E-state index is 0.0583. The van der Waals surface area contributed by atoms with Crippen molar-refractivity contribution < 1.29 is 18.7 Å². The third-order valence-electron chi connectivity index (χ3n) is 4.35. The Kier molecular flexibility index (Phi) is 7.38. The Balaban J connectivity index is 1.64. The molecule has 1 aromatic carbocycles. The van der Waals surface area contributed by atoms with Gasteiger partial charge in [0, 0.05) is 58.2 Å². The highest BCUT2D eigenvalue weighted by molar-refractivity contribution is 5.94. The molecule has 0 bridgehead atoms. The van der Waals surface area contributed by atoms with Crippen LogP contribution in [0, 0.1) is 0 Å². The first-order valence-corrected chi connectivity index (χ1v) is 9.79. The van der Waals surface area contributed by atoms with Crippen LogP contribution in [0.2, 0.25) is 0 Å². The molecule has 0 spiro atoms. The molecule has 8 nitrogen and oxygen atoms in total. The fraction of sp³-hybridized carbons (Fsp3) is 0.429. The average Bonchev–Trinajstić information content (AvgIpc) is 3.11. The van der Waals surface area contributed by atoms with E-state index in [0.29, 0.717) is 50.9 Å². The van der Waals surface area contributed by atoms with Crippen LogP contribution in [-0.2, 0) is 11.2 Å². The van der Waals surface area contributed by atoms with E-state index < -0.39 is 0 Å². The Morgan fingerprint density at radius 2 is 2.00 bits per heavy atom. The highest BCUT2D eigenvalue weighted by atomic mass is 16.5. The molecule has 3 rings (SSSR count). The van der Waals surface area contributed by atoms with Gasteiger partial charge in [-0.05, 0) is 24.3 Å². The van der Waals surface area contributed by atoms with E-state index >= 15 is 0 Å². The monoisotopic (exact) mass is 400 g/mol. The molecule has 0 aliphatic carbocycles. The number of nitrogens with zero attached hydrogens (tertiary/aromatic N) is 2. The van der Waals surface area contributed by atoms with Crippen LogP contribution in [0.25, 0.3) is 0 Å². The first-order valence-electron chi connectivity index (χ1n) is 9.79. The van der Waals surface area contributed by atoms with Gasteiger partial charge in [-0.15, -0.1) is 0 Å². The summed E-state index contributed by atoms with van der Waals surface area (Å²) in [5, 5.41) is 6.50. The lowest BCUT2D eigenvalue weighted by Gasteiger charge is -2.15. The first kappa shape index (κ1) is 20.6.